The molecule has 0 saturated heterocycles. The van der Waals surface area contributed by atoms with E-state index >= 15 is 0 Å². The number of nitrogen functional groups attached to an aromatic ring is 1. The topological polar surface area (TPSA) is 81.0 Å². The third-order valence-corrected chi connectivity index (χ3v) is 3.94. The van der Waals surface area contributed by atoms with Gasteiger partial charge in [-0.15, -0.1) is 0 Å². The molecule has 0 aliphatic heterocycles. The minimum Gasteiger partial charge on any atom is -0.496 e. The fourth-order valence-corrected chi connectivity index (χ4v) is 2.69. The van der Waals surface area contributed by atoms with Crippen LogP contribution in [-0.4, -0.2) is 11.7 Å². The van der Waals surface area contributed by atoms with Gasteiger partial charge in [0.15, 0.2) is 0 Å². The second-order valence-corrected chi connectivity index (χ2v) is 5.65. The van der Waals surface area contributed by atoms with E-state index in [1.807, 2.05) is 48.5 Å². The van der Waals surface area contributed by atoms with E-state index in [-0.39, 0.29) is 5.56 Å². The second-order valence-electron chi connectivity index (χ2n) is 5.65. The van der Waals surface area contributed by atoms with Gasteiger partial charge >= 0.3 is 0 Å². The molecule has 0 radical (unpaired) electrons. The fraction of sp³-hybridized carbons (Fsp3) is 0.100. The van der Waals surface area contributed by atoms with Crippen molar-refractivity contribution in [2.75, 3.05) is 12.8 Å². The summed E-state index contributed by atoms with van der Waals surface area (Å²) in [5, 5.41) is 8.86. The Morgan fingerprint density at radius 1 is 1.16 bits per heavy atom. The van der Waals surface area contributed by atoms with Gasteiger partial charge in [-0.2, -0.15) is 5.26 Å². The van der Waals surface area contributed by atoms with E-state index in [0.717, 1.165) is 22.4 Å². The van der Waals surface area contributed by atoms with Crippen molar-refractivity contribution < 1.29 is 4.74 Å². The van der Waals surface area contributed by atoms with E-state index in [0.29, 0.717) is 17.8 Å². The number of nitrogens with two attached hydrogens (primary N) is 1. The van der Waals surface area contributed by atoms with E-state index in [2.05, 4.69) is 0 Å². The van der Waals surface area contributed by atoms with Gasteiger partial charge in [-0.3, -0.25) is 4.79 Å². The lowest BCUT2D eigenvalue weighted by Crippen LogP contribution is -2.19. The summed E-state index contributed by atoms with van der Waals surface area (Å²) in [6.07, 6.45) is 1.63. The van der Waals surface area contributed by atoms with E-state index < -0.39 is 0 Å². The van der Waals surface area contributed by atoms with Gasteiger partial charge in [0.1, 0.15) is 5.75 Å². The molecule has 0 bridgehead atoms. The summed E-state index contributed by atoms with van der Waals surface area (Å²) in [7, 11) is 1.62. The van der Waals surface area contributed by atoms with Crippen LogP contribution in [0.4, 0.5) is 5.69 Å². The van der Waals surface area contributed by atoms with Crippen molar-refractivity contribution in [3.8, 4) is 22.9 Å². The SMILES string of the molecule is COc1ccc(Cn2ccc(C#N)cc2=O)cc1-c1cccc(N)c1. The molecule has 2 aromatic carbocycles. The summed E-state index contributed by atoms with van der Waals surface area (Å²) in [5.41, 5.74) is 9.52. The molecule has 0 unspecified atom stereocenters. The summed E-state index contributed by atoms with van der Waals surface area (Å²) >= 11 is 0. The van der Waals surface area contributed by atoms with Gasteiger partial charge in [0.05, 0.1) is 25.3 Å². The van der Waals surface area contributed by atoms with Gasteiger partial charge < -0.3 is 15.0 Å². The molecule has 3 rings (SSSR count). The first-order valence-electron chi connectivity index (χ1n) is 7.74. The Labute approximate surface area is 145 Å². The smallest absolute Gasteiger partial charge is 0.252 e. The first kappa shape index (κ1) is 16.3. The highest BCUT2D eigenvalue weighted by Gasteiger charge is 2.09. The van der Waals surface area contributed by atoms with Crippen molar-refractivity contribution in [3.05, 3.63) is 82.3 Å². The number of methoxy groups -OCH3 is 1. The molecule has 1 aromatic heterocycles. The highest BCUT2D eigenvalue weighted by Crippen LogP contribution is 2.32. The molecule has 2 N–H and O–H groups in total. The number of hydrogen-bond donors (Lipinski definition) is 1. The molecule has 0 aliphatic carbocycles. The molecule has 0 fully saturated rings. The Bertz CT molecular complexity index is 1020. The number of ether oxygens (including phenoxy) is 1. The molecule has 0 saturated carbocycles. The molecule has 25 heavy (non-hydrogen) atoms. The molecular formula is C20H17N3O2. The predicted molar refractivity (Wildman–Crippen MR) is 97.4 cm³/mol. The monoisotopic (exact) mass is 331 g/mol. The van der Waals surface area contributed by atoms with Crippen LogP contribution in [0.3, 0.4) is 0 Å². The minimum atomic E-state index is -0.208. The van der Waals surface area contributed by atoms with Crippen LogP contribution in [0.25, 0.3) is 11.1 Å². The molecule has 0 aliphatic rings. The number of hydrogen-bond acceptors (Lipinski definition) is 4. The van der Waals surface area contributed by atoms with Crippen LogP contribution in [0.1, 0.15) is 11.1 Å². The van der Waals surface area contributed by atoms with Crippen LogP contribution < -0.4 is 16.0 Å². The van der Waals surface area contributed by atoms with Crippen molar-refractivity contribution in [2.24, 2.45) is 0 Å². The Morgan fingerprint density at radius 3 is 2.68 bits per heavy atom. The summed E-state index contributed by atoms with van der Waals surface area (Å²) < 4.78 is 7.01. The predicted octanol–water partition coefficient (Wildman–Crippen LogP) is 3.03. The van der Waals surface area contributed by atoms with Crippen LogP contribution >= 0.6 is 0 Å². The maximum absolute atomic E-state index is 12.1. The molecule has 0 spiro atoms. The number of nitriles is 1. The van der Waals surface area contributed by atoms with Crippen molar-refractivity contribution >= 4 is 5.69 Å². The summed E-state index contributed by atoms with van der Waals surface area (Å²) in [6, 6.07) is 18.3. The summed E-state index contributed by atoms with van der Waals surface area (Å²) in [4.78, 5) is 12.1. The number of aromatic nitrogens is 1. The van der Waals surface area contributed by atoms with Crippen LogP contribution in [0.5, 0.6) is 5.75 Å². The van der Waals surface area contributed by atoms with E-state index in [9.17, 15) is 4.79 Å². The van der Waals surface area contributed by atoms with Crippen molar-refractivity contribution in [3.63, 3.8) is 0 Å². The zero-order valence-electron chi connectivity index (χ0n) is 13.8. The molecule has 0 amide bonds. The van der Waals surface area contributed by atoms with Gasteiger partial charge in [-0.1, -0.05) is 18.2 Å². The third kappa shape index (κ3) is 3.54. The average Bonchev–Trinajstić information content (AvgIpc) is 2.63. The molecule has 3 aromatic rings. The second kappa shape index (κ2) is 6.93. The van der Waals surface area contributed by atoms with Crippen LogP contribution in [0.2, 0.25) is 0 Å². The fourth-order valence-electron chi connectivity index (χ4n) is 2.69. The Morgan fingerprint density at radius 2 is 2.00 bits per heavy atom. The Hall–Kier alpha value is -3.52. The van der Waals surface area contributed by atoms with Gasteiger partial charge in [0, 0.05) is 23.5 Å². The van der Waals surface area contributed by atoms with Crippen molar-refractivity contribution in [2.45, 2.75) is 6.54 Å². The van der Waals surface area contributed by atoms with Gasteiger partial charge in [0.2, 0.25) is 0 Å². The van der Waals surface area contributed by atoms with Gasteiger partial charge in [0.25, 0.3) is 5.56 Å². The number of nitrogens with zero attached hydrogens (tertiary/aromatic N) is 2. The van der Waals surface area contributed by atoms with Crippen LogP contribution in [0.15, 0.2) is 65.6 Å². The maximum atomic E-state index is 12.1. The van der Waals surface area contributed by atoms with E-state index in [1.54, 1.807) is 23.9 Å². The van der Waals surface area contributed by atoms with Gasteiger partial charge in [-0.25, -0.2) is 0 Å². The van der Waals surface area contributed by atoms with Crippen LogP contribution in [-0.2, 0) is 6.54 Å². The largest absolute Gasteiger partial charge is 0.496 e. The minimum absolute atomic E-state index is 0.208. The Kier molecular flexibility index (Phi) is 4.53. The zero-order valence-corrected chi connectivity index (χ0v) is 13.8. The number of rotatable bonds is 4. The first-order valence-corrected chi connectivity index (χ1v) is 7.74. The third-order valence-electron chi connectivity index (χ3n) is 3.94. The average molecular weight is 331 g/mol. The molecular weight excluding hydrogens is 314 g/mol. The van der Waals surface area contributed by atoms with E-state index in [1.165, 1.54) is 6.07 Å². The molecule has 124 valence electrons. The number of benzene rings is 2. The standard InChI is InChI=1S/C20H17N3O2/c1-25-19-6-5-15(9-18(19)16-3-2-4-17(22)11-16)13-23-8-7-14(12-21)10-20(23)24/h2-11H,13,22H2,1H3. The zero-order chi connectivity index (χ0) is 17.8. The Balaban J connectivity index is 2.00. The molecule has 5 nitrogen and oxygen atoms in total. The quantitative estimate of drug-likeness (QED) is 0.745. The number of pyridine rings is 1. The normalized spacial score (nSPS) is 10.2. The van der Waals surface area contributed by atoms with Crippen molar-refractivity contribution in [1.82, 2.24) is 4.57 Å². The molecule has 5 heteroatoms. The molecule has 0 atom stereocenters. The first-order chi connectivity index (χ1) is 12.1. The van der Waals surface area contributed by atoms with Gasteiger partial charge in [-0.05, 0) is 41.5 Å². The highest BCUT2D eigenvalue weighted by atomic mass is 16.5. The van der Waals surface area contributed by atoms with E-state index in [4.69, 9.17) is 15.7 Å². The number of anilines is 1. The van der Waals surface area contributed by atoms with Crippen molar-refractivity contribution in [1.29, 1.82) is 5.26 Å². The molecule has 1 heterocycles. The lowest BCUT2D eigenvalue weighted by molar-refractivity contribution is 0.416. The van der Waals surface area contributed by atoms with Crippen LogP contribution in [0, 0.1) is 11.3 Å². The maximum Gasteiger partial charge on any atom is 0.252 e. The summed E-state index contributed by atoms with van der Waals surface area (Å²) in [5.74, 6) is 0.738. The lowest BCUT2D eigenvalue weighted by atomic mass is 10.0. The highest BCUT2D eigenvalue weighted by molar-refractivity contribution is 5.73. The summed E-state index contributed by atoms with van der Waals surface area (Å²) in [6.45, 7) is 0.407. The lowest BCUT2D eigenvalue weighted by Gasteiger charge is -2.12.